The van der Waals surface area contributed by atoms with E-state index in [0.717, 1.165) is 19.3 Å². The Hall–Kier alpha value is -1.26. The molecule has 18 heavy (non-hydrogen) atoms. The maximum atomic E-state index is 11.5. The summed E-state index contributed by atoms with van der Waals surface area (Å²) in [6.07, 6.45) is 5.07. The molecule has 0 radical (unpaired) electrons. The Labute approximate surface area is 107 Å². The molecule has 6 nitrogen and oxygen atoms in total. The fourth-order valence-electron chi connectivity index (χ4n) is 2.50. The number of nitrogens with zero attached hydrogens (tertiary/aromatic N) is 3. The molecule has 0 aromatic rings. The lowest BCUT2D eigenvalue weighted by Gasteiger charge is -2.29. The molecule has 0 aromatic carbocycles. The highest BCUT2D eigenvalue weighted by atomic mass is 16.4. The van der Waals surface area contributed by atoms with E-state index >= 15 is 0 Å². The van der Waals surface area contributed by atoms with Crippen molar-refractivity contribution in [3.63, 3.8) is 0 Å². The summed E-state index contributed by atoms with van der Waals surface area (Å²) in [4.78, 5) is 14.2. The van der Waals surface area contributed by atoms with Gasteiger partial charge in [0, 0.05) is 11.5 Å². The summed E-state index contributed by atoms with van der Waals surface area (Å²) < 4.78 is 0. The van der Waals surface area contributed by atoms with E-state index in [-0.39, 0.29) is 0 Å². The Balaban J connectivity index is 2.51. The van der Waals surface area contributed by atoms with Gasteiger partial charge in [0.25, 0.3) is 0 Å². The van der Waals surface area contributed by atoms with Gasteiger partial charge in [0.15, 0.2) is 0 Å². The predicted molar refractivity (Wildman–Crippen MR) is 69.2 cm³/mol. The molecule has 0 saturated heterocycles. The number of hydrogen-bond donors (Lipinski definition) is 2. The fourth-order valence-corrected chi connectivity index (χ4v) is 2.50. The lowest BCUT2D eigenvalue weighted by molar-refractivity contribution is -0.145. The number of carboxylic acids is 1. The van der Waals surface area contributed by atoms with Crippen molar-refractivity contribution < 1.29 is 9.90 Å². The van der Waals surface area contributed by atoms with E-state index in [0.29, 0.717) is 38.3 Å². The zero-order chi connectivity index (χ0) is 13.4. The van der Waals surface area contributed by atoms with E-state index in [1.54, 1.807) is 0 Å². The average Bonchev–Trinajstić information content (AvgIpc) is 2.52. The topological polar surface area (TPSA) is 98.1 Å². The van der Waals surface area contributed by atoms with Crippen molar-refractivity contribution in [2.45, 2.75) is 51.0 Å². The average molecular weight is 254 g/mol. The second-order valence-electron chi connectivity index (χ2n) is 5.16. The first-order chi connectivity index (χ1) is 8.60. The Morgan fingerprint density at radius 3 is 3.00 bits per heavy atom. The molecule has 1 aliphatic carbocycles. The van der Waals surface area contributed by atoms with E-state index in [4.69, 9.17) is 5.53 Å². The first kappa shape index (κ1) is 14.8. The number of nitrogens with one attached hydrogen (secondary N) is 1. The fraction of sp³-hybridized carbons (Fsp3) is 0.917. The summed E-state index contributed by atoms with van der Waals surface area (Å²) in [7, 11) is 0. The maximum absolute atomic E-state index is 11.5. The molecule has 0 aliphatic heterocycles. The van der Waals surface area contributed by atoms with E-state index in [9.17, 15) is 9.90 Å². The number of carboxylic acid groups (broad SMARTS) is 1. The molecule has 0 aromatic heterocycles. The van der Waals surface area contributed by atoms with Gasteiger partial charge in [-0.25, -0.2) is 0 Å². The molecule has 1 fully saturated rings. The molecule has 1 rings (SSSR count). The van der Waals surface area contributed by atoms with Crippen molar-refractivity contribution in [3.05, 3.63) is 10.4 Å². The van der Waals surface area contributed by atoms with Crippen LogP contribution in [0.5, 0.6) is 0 Å². The van der Waals surface area contributed by atoms with Gasteiger partial charge in [0.05, 0.1) is 0 Å². The minimum absolute atomic E-state index is 0.412. The summed E-state index contributed by atoms with van der Waals surface area (Å²) in [5.74, 6) is -0.142. The number of carbonyl (C=O) groups is 1. The summed E-state index contributed by atoms with van der Waals surface area (Å²) in [6.45, 7) is 3.18. The number of azide groups is 1. The molecular weight excluding hydrogens is 232 g/mol. The van der Waals surface area contributed by atoms with Crippen molar-refractivity contribution in [3.8, 4) is 0 Å². The second kappa shape index (κ2) is 7.24. The SMILES string of the molecule is CC1CCCC(NCCCN=[N+]=[N-])(C(=O)O)CC1. The monoisotopic (exact) mass is 254 g/mol. The van der Waals surface area contributed by atoms with Gasteiger partial charge >= 0.3 is 5.97 Å². The molecule has 0 amide bonds. The molecule has 2 atom stereocenters. The molecule has 1 saturated carbocycles. The number of aliphatic carboxylic acids is 1. The van der Waals surface area contributed by atoms with Crippen molar-refractivity contribution in [1.29, 1.82) is 0 Å². The van der Waals surface area contributed by atoms with Crippen molar-refractivity contribution in [2.75, 3.05) is 13.1 Å². The van der Waals surface area contributed by atoms with Gasteiger partial charge in [-0.05, 0) is 43.7 Å². The van der Waals surface area contributed by atoms with Gasteiger partial charge in [-0.15, -0.1) is 0 Å². The van der Waals surface area contributed by atoms with E-state index < -0.39 is 11.5 Å². The van der Waals surface area contributed by atoms with E-state index in [1.807, 2.05) is 0 Å². The molecule has 2 unspecified atom stereocenters. The van der Waals surface area contributed by atoms with Gasteiger partial charge in [0.1, 0.15) is 5.54 Å². The standard InChI is InChI=1S/C12H22N4O2/c1-10-4-2-6-12(7-5-10,11(17)18)14-8-3-9-15-16-13/h10,14H,2-9H2,1H3,(H,17,18). The third-order valence-corrected chi connectivity index (χ3v) is 3.74. The Kier molecular flexibility index (Phi) is 5.95. The number of rotatable bonds is 6. The van der Waals surface area contributed by atoms with Crippen LogP contribution in [0.25, 0.3) is 10.4 Å². The highest BCUT2D eigenvalue weighted by Crippen LogP contribution is 2.30. The van der Waals surface area contributed by atoms with Crippen molar-refractivity contribution in [2.24, 2.45) is 11.0 Å². The normalized spacial score (nSPS) is 28.2. The summed E-state index contributed by atoms with van der Waals surface area (Å²) >= 11 is 0. The van der Waals surface area contributed by atoms with Gasteiger partial charge in [-0.1, -0.05) is 24.9 Å². The highest BCUT2D eigenvalue weighted by molar-refractivity contribution is 5.78. The molecule has 0 bridgehead atoms. The largest absolute Gasteiger partial charge is 0.480 e. The second-order valence-corrected chi connectivity index (χ2v) is 5.16. The lowest BCUT2D eigenvalue weighted by Crippen LogP contribution is -2.52. The van der Waals surface area contributed by atoms with Crippen molar-refractivity contribution in [1.82, 2.24) is 5.32 Å². The maximum Gasteiger partial charge on any atom is 0.323 e. The first-order valence-electron chi connectivity index (χ1n) is 6.60. The minimum atomic E-state index is -0.777. The van der Waals surface area contributed by atoms with Crippen LogP contribution in [0, 0.1) is 5.92 Å². The zero-order valence-corrected chi connectivity index (χ0v) is 10.9. The van der Waals surface area contributed by atoms with Crippen LogP contribution in [0.2, 0.25) is 0 Å². The van der Waals surface area contributed by atoms with Crippen molar-refractivity contribution >= 4 is 5.97 Å². The van der Waals surface area contributed by atoms with Crippen LogP contribution in [-0.2, 0) is 4.79 Å². The molecular formula is C12H22N4O2. The van der Waals surface area contributed by atoms with Crippen LogP contribution in [0.15, 0.2) is 5.11 Å². The third kappa shape index (κ3) is 4.20. The van der Waals surface area contributed by atoms with Gasteiger partial charge < -0.3 is 10.4 Å². The molecule has 0 heterocycles. The summed E-state index contributed by atoms with van der Waals surface area (Å²) in [6, 6.07) is 0. The zero-order valence-electron chi connectivity index (χ0n) is 10.9. The Morgan fingerprint density at radius 1 is 1.56 bits per heavy atom. The van der Waals surface area contributed by atoms with Crippen LogP contribution >= 0.6 is 0 Å². The Morgan fingerprint density at radius 2 is 2.33 bits per heavy atom. The minimum Gasteiger partial charge on any atom is -0.480 e. The molecule has 1 aliphatic rings. The van der Waals surface area contributed by atoms with Gasteiger partial charge in [-0.2, -0.15) is 0 Å². The van der Waals surface area contributed by atoms with Crippen LogP contribution < -0.4 is 5.32 Å². The molecule has 0 spiro atoms. The van der Waals surface area contributed by atoms with Crippen LogP contribution in [0.1, 0.15) is 45.4 Å². The molecule has 2 N–H and O–H groups in total. The summed E-state index contributed by atoms with van der Waals surface area (Å²) in [5, 5.41) is 16.1. The predicted octanol–water partition coefficient (Wildman–Crippen LogP) is 2.70. The van der Waals surface area contributed by atoms with Crippen LogP contribution in [0.3, 0.4) is 0 Å². The van der Waals surface area contributed by atoms with Gasteiger partial charge in [0.2, 0.25) is 0 Å². The number of hydrogen-bond acceptors (Lipinski definition) is 3. The quantitative estimate of drug-likeness (QED) is 0.250. The van der Waals surface area contributed by atoms with Crippen LogP contribution in [0.4, 0.5) is 0 Å². The summed E-state index contributed by atoms with van der Waals surface area (Å²) in [5.41, 5.74) is 7.39. The van der Waals surface area contributed by atoms with Crippen LogP contribution in [-0.4, -0.2) is 29.7 Å². The van der Waals surface area contributed by atoms with E-state index in [1.165, 1.54) is 0 Å². The van der Waals surface area contributed by atoms with Gasteiger partial charge in [-0.3, -0.25) is 4.79 Å². The lowest BCUT2D eigenvalue weighted by atomic mass is 9.89. The molecule has 6 heteroatoms. The third-order valence-electron chi connectivity index (χ3n) is 3.74. The smallest absolute Gasteiger partial charge is 0.323 e. The van der Waals surface area contributed by atoms with E-state index in [2.05, 4.69) is 22.3 Å². The highest BCUT2D eigenvalue weighted by Gasteiger charge is 2.38. The first-order valence-corrected chi connectivity index (χ1v) is 6.60. The molecule has 102 valence electrons. The Bertz CT molecular complexity index is 328.